The van der Waals surface area contributed by atoms with Crippen molar-refractivity contribution in [1.82, 2.24) is 15.1 Å². The Balaban J connectivity index is 0.000000672. The highest BCUT2D eigenvalue weighted by Crippen LogP contribution is 2.30. The van der Waals surface area contributed by atoms with Crippen molar-refractivity contribution < 1.29 is 29.7 Å². The maximum atomic E-state index is 12.4. The second-order valence-electron chi connectivity index (χ2n) is 8.42. The van der Waals surface area contributed by atoms with Crippen LogP contribution in [0.15, 0.2) is 0 Å². The van der Waals surface area contributed by atoms with Crippen molar-refractivity contribution in [1.29, 1.82) is 0 Å². The summed E-state index contributed by atoms with van der Waals surface area (Å²) in [5.74, 6) is -0.154. The number of amides is 1. The van der Waals surface area contributed by atoms with Crippen molar-refractivity contribution in [2.75, 3.05) is 33.2 Å². The average molecular weight is 430 g/mol. The summed E-state index contributed by atoms with van der Waals surface area (Å²) in [6.07, 6.45) is 11.5. The average Bonchev–Trinajstić information content (AvgIpc) is 3.26. The standard InChI is InChI=1S/C19H35N3O2.2CH2O2/c1-21-14-10-19(24,11-15-21)18(23)20-12-9-17-8-4-5-13-22(17)16-6-2-3-7-16;2*2-1-3/h16-17,24H,2-15H2,1H3,(H,20,23);2*1H,(H,2,3). The monoisotopic (exact) mass is 429 g/mol. The summed E-state index contributed by atoms with van der Waals surface area (Å²) in [7, 11) is 2.04. The number of carbonyl (C=O) groups is 3. The van der Waals surface area contributed by atoms with Crippen molar-refractivity contribution in [3.63, 3.8) is 0 Å². The number of carbonyl (C=O) groups excluding carboxylic acids is 1. The lowest BCUT2D eigenvalue weighted by atomic mass is 9.90. The Bertz CT molecular complexity index is 499. The van der Waals surface area contributed by atoms with Crippen molar-refractivity contribution >= 4 is 18.9 Å². The van der Waals surface area contributed by atoms with Crippen LogP contribution < -0.4 is 5.32 Å². The molecule has 3 aliphatic rings. The number of carboxylic acid groups (broad SMARTS) is 2. The van der Waals surface area contributed by atoms with Gasteiger partial charge in [-0.3, -0.25) is 19.3 Å². The van der Waals surface area contributed by atoms with Gasteiger partial charge in [0.2, 0.25) is 0 Å². The van der Waals surface area contributed by atoms with Crippen molar-refractivity contribution in [3.05, 3.63) is 0 Å². The third-order valence-corrected chi connectivity index (χ3v) is 6.47. The molecule has 1 atom stereocenters. The number of likely N-dealkylation sites (tertiary alicyclic amines) is 2. The lowest BCUT2D eigenvalue weighted by molar-refractivity contribution is -0.144. The maximum absolute atomic E-state index is 12.4. The fraction of sp³-hybridized carbons (Fsp3) is 0.857. The molecule has 1 aliphatic carbocycles. The number of aliphatic hydroxyl groups is 1. The second kappa shape index (κ2) is 14.3. The summed E-state index contributed by atoms with van der Waals surface area (Å²) in [6, 6.07) is 1.40. The van der Waals surface area contributed by atoms with E-state index < -0.39 is 5.60 Å². The first-order valence-corrected chi connectivity index (χ1v) is 11.0. The van der Waals surface area contributed by atoms with Crippen LogP contribution in [0.2, 0.25) is 0 Å². The van der Waals surface area contributed by atoms with Crippen LogP contribution in [0, 0.1) is 0 Å². The minimum Gasteiger partial charge on any atom is -0.483 e. The highest BCUT2D eigenvalue weighted by Gasteiger charge is 2.38. The fourth-order valence-corrected chi connectivity index (χ4v) is 4.78. The van der Waals surface area contributed by atoms with Gasteiger partial charge in [0.15, 0.2) is 0 Å². The van der Waals surface area contributed by atoms with Crippen molar-refractivity contribution in [3.8, 4) is 0 Å². The van der Waals surface area contributed by atoms with Crippen molar-refractivity contribution in [2.24, 2.45) is 0 Å². The summed E-state index contributed by atoms with van der Waals surface area (Å²) < 4.78 is 0. The lowest BCUT2D eigenvalue weighted by Gasteiger charge is -2.40. The summed E-state index contributed by atoms with van der Waals surface area (Å²) in [6.45, 7) is 3.02. The molecule has 1 saturated carbocycles. The first kappa shape index (κ1) is 26.3. The molecule has 1 unspecified atom stereocenters. The highest BCUT2D eigenvalue weighted by molar-refractivity contribution is 5.85. The molecule has 0 radical (unpaired) electrons. The first-order valence-electron chi connectivity index (χ1n) is 11.0. The highest BCUT2D eigenvalue weighted by atomic mass is 16.3. The predicted octanol–water partition coefficient (Wildman–Crippen LogP) is 1.15. The summed E-state index contributed by atoms with van der Waals surface area (Å²) in [4.78, 5) is 34.0. The van der Waals surface area contributed by atoms with E-state index in [-0.39, 0.29) is 18.9 Å². The molecule has 0 aromatic carbocycles. The molecule has 0 aromatic rings. The topological polar surface area (TPSA) is 130 Å². The van der Waals surface area contributed by atoms with Crippen molar-refractivity contribution in [2.45, 2.75) is 81.9 Å². The van der Waals surface area contributed by atoms with E-state index in [1.54, 1.807) is 0 Å². The van der Waals surface area contributed by atoms with Crippen LogP contribution in [-0.2, 0) is 14.4 Å². The molecular formula is C21H39N3O6. The molecular weight excluding hydrogens is 390 g/mol. The van der Waals surface area contributed by atoms with Crippen LogP contribution in [0.3, 0.4) is 0 Å². The molecule has 30 heavy (non-hydrogen) atoms. The Morgan fingerprint density at radius 3 is 2.10 bits per heavy atom. The Labute approximate surface area is 179 Å². The van der Waals surface area contributed by atoms with Crippen LogP contribution in [0.5, 0.6) is 0 Å². The fourth-order valence-electron chi connectivity index (χ4n) is 4.78. The van der Waals surface area contributed by atoms with Crippen LogP contribution >= 0.6 is 0 Å². The Hall–Kier alpha value is -1.71. The summed E-state index contributed by atoms with van der Waals surface area (Å²) in [5.41, 5.74) is -1.15. The Morgan fingerprint density at radius 1 is 1.00 bits per heavy atom. The number of hydrogen-bond donors (Lipinski definition) is 4. The smallest absolute Gasteiger partial charge is 0.290 e. The first-order chi connectivity index (χ1) is 14.4. The van der Waals surface area contributed by atoms with Gasteiger partial charge in [-0.25, -0.2) is 0 Å². The molecule has 4 N–H and O–H groups in total. The lowest BCUT2D eigenvalue weighted by Crippen LogP contribution is -2.54. The molecule has 2 aliphatic heterocycles. The van der Waals surface area contributed by atoms with E-state index in [1.165, 1.54) is 51.5 Å². The second-order valence-corrected chi connectivity index (χ2v) is 8.42. The molecule has 0 bridgehead atoms. The molecule has 0 spiro atoms. The van der Waals surface area contributed by atoms with Gasteiger partial charge in [-0.05, 0) is 58.5 Å². The maximum Gasteiger partial charge on any atom is 0.290 e. The van der Waals surface area contributed by atoms with E-state index in [4.69, 9.17) is 19.8 Å². The van der Waals surface area contributed by atoms with Gasteiger partial charge < -0.3 is 25.5 Å². The van der Waals surface area contributed by atoms with Gasteiger partial charge in [-0.1, -0.05) is 19.3 Å². The largest absolute Gasteiger partial charge is 0.483 e. The van der Waals surface area contributed by atoms with E-state index in [0.717, 1.165) is 25.6 Å². The molecule has 2 heterocycles. The summed E-state index contributed by atoms with van der Waals surface area (Å²) in [5, 5.41) is 27.4. The quantitative estimate of drug-likeness (QED) is 0.479. The summed E-state index contributed by atoms with van der Waals surface area (Å²) >= 11 is 0. The number of nitrogens with one attached hydrogen (secondary N) is 1. The Morgan fingerprint density at radius 2 is 1.53 bits per heavy atom. The molecule has 174 valence electrons. The third kappa shape index (κ3) is 8.57. The normalized spacial score (nSPS) is 24.5. The van der Waals surface area contributed by atoms with E-state index in [9.17, 15) is 9.90 Å². The minimum absolute atomic E-state index is 0.154. The predicted molar refractivity (Wildman–Crippen MR) is 113 cm³/mol. The number of rotatable bonds is 5. The molecule has 9 nitrogen and oxygen atoms in total. The SMILES string of the molecule is CN1CCC(O)(C(=O)NCCC2CCCCN2C2CCCC2)CC1.O=CO.O=CO. The number of hydrogen-bond acceptors (Lipinski definition) is 6. The van der Waals surface area contributed by atoms with Gasteiger partial charge in [-0.15, -0.1) is 0 Å². The third-order valence-electron chi connectivity index (χ3n) is 6.47. The minimum atomic E-state index is -1.15. The van der Waals surface area contributed by atoms with Gasteiger partial charge >= 0.3 is 0 Å². The molecule has 3 fully saturated rings. The molecule has 3 rings (SSSR count). The van der Waals surface area contributed by atoms with Gasteiger partial charge in [0.1, 0.15) is 5.60 Å². The Kier molecular flexibility index (Phi) is 12.6. The molecule has 1 amide bonds. The van der Waals surface area contributed by atoms with E-state index in [0.29, 0.717) is 25.4 Å². The molecule has 0 aromatic heterocycles. The van der Waals surface area contributed by atoms with Crippen LogP contribution in [0.4, 0.5) is 0 Å². The van der Waals surface area contributed by atoms with E-state index in [1.807, 2.05) is 7.05 Å². The van der Waals surface area contributed by atoms with E-state index in [2.05, 4.69) is 15.1 Å². The molecule has 9 heteroatoms. The number of piperidine rings is 2. The van der Waals surface area contributed by atoms with Crippen LogP contribution in [-0.4, -0.2) is 94.9 Å². The zero-order valence-electron chi connectivity index (χ0n) is 18.2. The van der Waals surface area contributed by atoms with Gasteiger partial charge in [-0.2, -0.15) is 0 Å². The van der Waals surface area contributed by atoms with Gasteiger partial charge in [0, 0.05) is 31.7 Å². The van der Waals surface area contributed by atoms with Gasteiger partial charge in [0.05, 0.1) is 0 Å². The van der Waals surface area contributed by atoms with E-state index >= 15 is 0 Å². The number of nitrogens with zero attached hydrogens (tertiary/aromatic N) is 2. The van der Waals surface area contributed by atoms with Crippen LogP contribution in [0.1, 0.15) is 64.2 Å². The molecule has 2 saturated heterocycles. The zero-order valence-corrected chi connectivity index (χ0v) is 18.2. The van der Waals surface area contributed by atoms with Gasteiger partial charge in [0.25, 0.3) is 18.9 Å². The zero-order chi connectivity index (χ0) is 22.4. The van der Waals surface area contributed by atoms with Crippen LogP contribution in [0.25, 0.3) is 0 Å².